The van der Waals surface area contributed by atoms with Gasteiger partial charge in [0.2, 0.25) is 0 Å². The molecule has 0 radical (unpaired) electrons. The molecule has 0 fully saturated rings. The van der Waals surface area contributed by atoms with E-state index in [9.17, 15) is 10.4 Å². The Hall–Kier alpha value is -2.65. The number of aliphatic hydroxyl groups is 1. The quantitative estimate of drug-likeness (QED) is 0.193. The van der Waals surface area contributed by atoms with Crippen molar-refractivity contribution in [3.05, 3.63) is 75.6 Å². The number of hydrogen-bond acceptors (Lipinski definition) is 5. The summed E-state index contributed by atoms with van der Waals surface area (Å²) >= 11 is 7.40. The Labute approximate surface area is 200 Å². The van der Waals surface area contributed by atoms with Gasteiger partial charge in [-0.25, -0.2) is 4.98 Å². The molecule has 3 aromatic rings. The van der Waals surface area contributed by atoms with Crippen LogP contribution >= 0.6 is 22.9 Å². The number of thiazole rings is 1. The van der Waals surface area contributed by atoms with E-state index in [1.54, 1.807) is 24.3 Å². The number of halogens is 1. The zero-order chi connectivity index (χ0) is 23.2. The predicted octanol–water partition coefficient (Wildman–Crippen LogP) is 7.59. The Morgan fingerprint density at radius 3 is 2.25 bits per heavy atom. The lowest BCUT2D eigenvalue weighted by Gasteiger charge is -2.04. The molecule has 0 saturated carbocycles. The van der Waals surface area contributed by atoms with E-state index in [2.05, 4.69) is 24.1 Å². The molecule has 32 heavy (non-hydrogen) atoms. The van der Waals surface area contributed by atoms with Gasteiger partial charge in [0.05, 0.1) is 10.7 Å². The van der Waals surface area contributed by atoms with E-state index in [4.69, 9.17) is 11.6 Å². The van der Waals surface area contributed by atoms with Gasteiger partial charge in [-0.05, 0) is 38.1 Å². The predicted molar refractivity (Wildman–Crippen MR) is 137 cm³/mol. The van der Waals surface area contributed by atoms with Gasteiger partial charge in [-0.3, -0.25) is 0 Å². The summed E-state index contributed by atoms with van der Waals surface area (Å²) in [6.07, 6.45) is 5.26. The van der Waals surface area contributed by atoms with E-state index in [1.165, 1.54) is 50.1 Å². The molecule has 168 valence electrons. The minimum absolute atomic E-state index is 0.116. The molecule has 0 aliphatic rings. The van der Waals surface area contributed by atoms with Gasteiger partial charge in [-0.15, -0.1) is 11.3 Å². The molecule has 0 aliphatic carbocycles. The van der Waals surface area contributed by atoms with Gasteiger partial charge in [0.1, 0.15) is 22.4 Å². The average molecular weight is 468 g/mol. The molecule has 0 amide bonds. The van der Waals surface area contributed by atoms with Crippen LogP contribution in [0.4, 0.5) is 0 Å². The summed E-state index contributed by atoms with van der Waals surface area (Å²) in [4.78, 5) is 4.46. The van der Waals surface area contributed by atoms with E-state index in [-0.39, 0.29) is 11.3 Å². The fraction of sp³-hybridized carbons (Fsp3) is 0.308. The second-order valence-corrected chi connectivity index (χ2v) is 8.44. The van der Waals surface area contributed by atoms with Crippen LogP contribution in [0.3, 0.4) is 0 Å². The summed E-state index contributed by atoms with van der Waals surface area (Å²) in [5.41, 5.74) is 2.27. The van der Waals surface area contributed by atoms with Crippen molar-refractivity contribution in [3.63, 3.8) is 0 Å². The standard InChI is InChI=1S/C18H11ClN2OS.C8H19N/c19-15-9-5-4-8-13(15)17(22)14(10-20)18-21-16(11-23-18)12-6-2-1-3-7-12;1-3-5-7-9-8-6-4-2/h1-9,11,22H;9H,3-8H2,1-2H3. The number of unbranched alkanes of at least 4 members (excludes halogenated alkanes) is 2. The van der Waals surface area contributed by atoms with Crippen LogP contribution in [-0.4, -0.2) is 23.2 Å². The fourth-order valence-electron chi connectivity index (χ4n) is 2.85. The molecular weight excluding hydrogens is 438 g/mol. The molecule has 2 N–H and O–H groups in total. The number of nitrogens with one attached hydrogen (secondary N) is 1. The minimum Gasteiger partial charge on any atom is -0.506 e. The van der Waals surface area contributed by atoms with Crippen molar-refractivity contribution in [2.45, 2.75) is 39.5 Å². The Morgan fingerprint density at radius 2 is 1.66 bits per heavy atom. The summed E-state index contributed by atoms with van der Waals surface area (Å²) in [5, 5.41) is 26.0. The highest BCUT2D eigenvalue weighted by atomic mass is 35.5. The molecule has 2 aromatic carbocycles. The normalized spacial score (nSPS) is 11.2. The van der Waals surface area contributed by atoms with Gasteiger partial charge in [0.25, 0.3) is 0 Å². The first-order chi connectivity index (χ1) is 15.6. The minimum atomic E-state index is -0.160. The molecule has 6 heteroatoms. The van der Waals surface area contributed by atoms with Crippen LogP contribution in [-0.2, 0) is 0 Å². The highest BCUT2D eigenvalue weighted by molar-refractivity contribution is 7.11. The molecule has 0 spiro atoms. The van der Waals surface area contributed by atoms with Crippen molar-refractivity contribution in [2.24, 2.45) is 0 Å². The number of nitriles is 1. The van der Waals surface area contributed by atoms with Crippen LogP contribution in [0.25, 0.3) is 22.6 Å². The third kappa shape index (κ3) is 7.80. The van der Waals surface area contributed by atoms with Crippen LogP contribution in [0.2, 0.25) is 5.02 Å². The molecule has 1 aromatic heterocycles. The third-order valence-corrected chi connectivity index (χ3v) is 5.87. The molecule has 3 rings (SSSR count). The molecule has 0 aliphatic heterocycles. The maximum Gasteiger partial charge on any atom is 0.145 e. The van der Waals surface area contributed by atoms with Gasteiger partial charge in [-0.2, -0.15) is 5.26 Å². The summed E-state index contributed by atoms with van der Waals surface area (Å²) in [5.74, 6) is -0.160. The summed E-state index contributed by atoms with van der Waals surface area (Å²) in [7, 11) is 0. The number of rotatable bonds is 9. The summed E-state index contributed by atoms with van der Waals surface area (Å²) < 4.78 is 0. The Morgan fingerprint density at radius 1 is 1.03 bits per heavy atom. The number of nitrogens with zero attached hydrogens (tertiary/aromatic N) is 2. The largest absolute Gasteiger partial charge is 0.506 e. The number of aliphatic hydroxyl groups excluding tert-OH is 1. The van der Waals surface area contributed by atoms with Crippen molar-refractivity contribution in [2.75, 3.05) is 13.1 Å². The van der Waals surface area contributed by atoms with Crippen LogP contribution in [0.15, 0.2) is 60.0 Å². The van der Waals surface area contributed by atoms with Crippen LogP contribution in [0, 0.1) is 11.3 Å². The van der Waals surface area contributed by atoms with Gasteiger partial charge in [0, 0.05) is 16.5 Å². The maximum atomic E-state index is 10.4. The van der Waals surface area contributed by atoms with Gasteiger partial charge in [0.15, 0.2) is 0 Å². The molecule has 0 unspecified atom stereocenters. The molecule has 4 nitrogen and oxygen atoms in total. The fourth-order valence-corrected chi connectivity index (χ4v) is 3.90. The molecule has 0 atom stereocenters. The third-order valence-electron chi connectivity index (χ3n) is 4.68. The Balaban J connectivity index is 0.000000344. The van der Waals surface area contributed by atoms with Gasteiger partial charge in [-0.1, -0.05) is 80.8 Å². The smallest absolute Gasteiger partial charge is 0.145 e. The van der Waals surface area contributed by atoms with Gasteiger partial charge >= 0.3 is 0 Å². The monoisotopic (exact) mass is 467 g/mol. The van der Waals surface area contributed by atoms with Crippen LogP contribution in [0.1, 0.15) is 50.1 Å². The number of aromatic nitrogens is 1. The topological polar surface area (TPSA) is 68.9 Å². The van der Waals surface area contributed by atoms with E-state index >= 15 is 0 Å². The number of allylic oxidation sites excluding steroid dienone is 1. The molecule has 0 bridgehead atoms. The summed E-state index contributed by atoms with van der Waals surface area (Å²) in [6, 6.07) is 18.6. The molecular formula is C26H30ClN3OS. The highest BCUT2D eigenvalue weighted by Gasteiger charge is 2.16. The average Bonchev–Trinajstić information content (AvgIpc) is 3.31. The lowest BCUT2D eigenvalue weighted by molar-refractivity contribution is 0.514. The first-order valence-electron chi connectivity index (χ1n) is 10.9. The lowest BCUT2D eigenvalue weighted by Crippen LogP contribution is -2.15. The van der Waals surface area contributed by atoms with Crippen LogP contribution < -0.4 is 5.32 Å². The van der Waals surface area contributed by atoms with Crippen molar-refractivity contribution >= 4 is 34.3 Å². The second-order valence-electron chi connectivity index (χ2n) is 7.18. The second kappa shape index (κ2) is 14.4. The van der Waals surface area contributed by atoms with Crippen molar-refractivity contribution in [1.82, 2.24) is 10.3 Å². The molecule has 0 saturated heterocycles. The van der Waals surface area contributed by atoms with E-state index in [1.807, 2.05) is 41.8 Å². The maximum absolute atomic E-state index is 10.4. The number of hydrogen-bond donors (Lipinski definition) is 2. The zero-order valence-corrected chi connectivity index (χ0v) is 20.2. The lowest BCUT2D eigenvalue weighted by atomic mass is 10.1. The van der Waals surface area contributed by atoms with Crippen LogP contribution in [0.5, 0.6) is 0 Å². The zero-order valence-electron chi connectivity index (χ0n) is 18.6. The first kappa shape index (κ1) is 25.6. The van der Waals surface area contributed by atoms with Crippen molar-refractivity contribution in [1.29, 1.82) is 5.26 Å². The highest BCUT2D eigenvalue weighted by Crippen LogP contribution is 2.32. The van der Waals surface area contributed by atoms with E-state index in [0.717, 1.165) is 11.3 Å². The van der Waals surface area contributed by atoms with E-state index < -0.39 is 0 Å². The Kier molecular flexibility index (Phi) is 11.5. The van der Waals surface area contributed by atoms with E-state index in [0.29, 0.717) is 15.6 Å². The van der Waals surface area contributed by atoms with Gasteiger partial charge < -0.3 is 10.4 Å². The SMILES string of the molecule is CCCCNCCCC.N#CC(=C(O)c1ccccc1Cl)c1nc(-c2ccccc2)cs1. The summed E-state index contributed by atoms with van der Waals surface area (Å²) in [6.45, 7) is 6.86. The first-order valence-corrected chi connectivity index (χ1v) is 12.2. The molecule has 1 heterocycles. The van der Waals surface area contributed by atoms with Crippen molar-refractivity contribution < 1.29 is 5.11 Å². The Bertz CT molecular complexity index is 1020. The number of benzene rings is 2. The van der Waals surface area contributed by atoms with Crippen molar-refractivity contribution in [3.8, 4) is 17.3 Å².